The first-order valence-corrected chi connectivity index (χ1v) is 6.59. The average Bonchev–Trinajstić information content (AvgIpc) is 2.38. The molecule has 1 aromatic carbocycles. The summed E-state index contributed by atoms with van der Waals surface area (Å²) < 4.78 is 5.70. The molecule has 0 saturated carbocycles. The van der Waals surface area contributed by atoms with E-state index in [1.807, 2.05) is 4.90 Å². The number of nitrogen functional groups attached to an aromatic ring is 1. The minimum atomic E-state index is 0.0710. The van der Waals surface area contributed by atoms with Gasteiger partial charge in [0.15, 0.2) is 0 Å². The molecule has 1 amide bonds. The van der Waals surface area contributed by atoms with Gasteiger partial charge in [0.05, 0.1) is 12.2 Å². The summed E-state index contributed by atoms with van der Waals surface area (Å²) in [5.74, 6) is 0.736. The van der Waals surface area contributed by atoms with Gasteiger partial charge in [-0.1, -0.05) is 0 Å². The number of nitrogens with two attached hydrogens (primary N) is 1. The molecule has 0 radical (unpaired) electrons. The van der Waals surface area contributed by atoms with E-state index in [2.05, 4.69) is 0 Å². The Morgan fingerprint density at radius 3 is 3.06 bits per heavy atom. The van der Waals surface area contributed by atoms with Gasteiger partial charge in [-0.2, -0.15) is 0 Å². The minimum absolute atomic E-state index is 0.0710. The number of anilines is 1. The predicted molar refractivity (Wildman–Crippen MR) is 69.6 cm³/mol. The fourth-order valence-corrected chi connectivity index (χ4v) is 2.87. The molecular weight excluding hydrogens is 228 g/mol. The Kier molecular flexibility index (Phi) is 2.86. The fraction of sp³-hybridized carbons (Fsp3) is 0.500. The summed E-state index contributed by atoms with van der Waals surface area (Å²) in [5, 5.41) is 0. The molecule has 1 aromatic rings. The zero-order valence-electron chi connectivity index (χ0n) is 10.4. The van der Waals surface area contributed by atoms with E-state index in [-0.39, 0.29) is 5.91 Å². The molecule has 2 heterocycles. The van der Waals surface area contributed by atoms with Crippen LogP contribution in [0.4, 0.5) is 5.69 Å². The van der Waals surface area contributed by atoms with Gasteiger partial charge in [0.1, 0.15) is 5.75 Å². The van der Waals surface area contributed by atoms with Crippen molar-refractivity contribution in [1.82, 2.24) is 4.90 Å². The summed E-state index contributed by atoms with van der Waals surface area (Å²) in [6, 6.07) is 5.64. The van der Waals surface area contributed by atoms with Crippen LogP contribution in [0.5, 0.6) is 5.75 Å². The van der Waals surface area contributed by atoms with E-state index in [0.717, 1.165) is 25.8 Å². The molecule has 4 heteroatoms. The quantitative estimate of drug-likeness (QED) is 0.713. The van der Waals surface area contributed by atoms with Gasteiger partial charge in [-0.15, -0.1) is 0 Å². The monoisotopic (exact) mass is 246 g/mol. The van der Waals surface area contributed by atoms with E-state index in [4.69, 9.17) is 10.5 Å². The number of hydrogen-bond donors (Lipinski definition) is 1. The summed E-state index contributed by atoms with van der Waals surface area (Å²) in [7, 11) is 0. The van der Waals surface area contributed by atoms with Crippen LogP contribution in [0.1, 0.15) is 36.0 Å². The maximum Gasteiger partial charge on any atom is 0.257 e. The summed E-state index contributed by atoms with van der Waals surface area (Å²) in [6.45, 7) is 1.53. The molecule has 0 unspecified atom stereocenters. The molecule has 96 valence electrons. The van der Waals surface area contributed by atoms with Crippen molar-refractivity contribution in [3.8, 4) is 5.75 Å². The van der Waals surface area contributed by atoms with Gasteiger partial charge in [0.2, 0.25) is 0 Å². The highest BCUT2D eigenvalue weighted by atomic mass is 16.5. The lowest BCUT2D eigenvalue weighted by molar-refractivity contribution is 0.0549. The number of rotatable bonds is 0. The maximum atomic E-state index is 12.6. The highest BCUT2D eigenvalue weighted by Crippen LogP contribution is 2.30. The predicted octanol–water partition coefficient (Wildman–Crippen LogP) is 2.05. The van der Waals surface area contributed by atoms with Crippen LogP contribution >= 0.6 is 0 Å². The topological polar surface area (TPSA) is 55.6 Å². The number of benzene rings is 1. The molecule has 2 N–H and O–H groups in total. The van der Waals surface area contributed by atoms with Gasteiger partial charge in [0, 0.05) is 24.7 Å². The fourth-order valence-electron chi connectivity index (χ4n) is 2.87. The smallest absolute Gasteiger partial charge is 0.257 e. The second-order valence-electron chi connectivity index (χ2n) is 5.04. The highest BCUT2D eigenvalue weighted by Gasteiger charge is 2.30. The second kappa shape index (κ2) is 4.52. The first-order chi connectivity index (χ1) is 8.75. The lowest BCUT2D eigenvalue weighted by Crippen LogP contribution is -2.45. The Labute approximate surface area is 107 Å². The molecule has 1 atom stereocenters. The lowest BCUT2D eigenvalue weighted by Gasteiger charge is -2.37. The summed E-state index contributed by atoms with van der Waals surface area (Å²) in [5.41, 5.74) is 7.00. The first-order valence-electron chi connectivity index (χ1n) is 6.59. The zero-order chi connectivity index (χ0) is 12.5. The molecule has 0 aromatic heterocycles. The van der Waals surface area contributed by atoms with Gasteiger partial charge >= 0.3 is 0 Å². The molecule has 4 nitrogen and oxygen atoms in total. The van der Waals surface area contributed by atoms with E-state index in [9.17, 15) is 4.79 Å². The average molecular weight is 246 g/mol. The van der Waals surface area contributed by atoms with E-state index in [1.54, 1.807) is 18.2 Å². The lowest BCUT2D eigenvalue weighted by atomic mass is 9.97. The van der Waals surface area contributed by atoms with Crippen LogP contribution in [0, 0.1) is 0 Å². The number of nitrogens with zero attached hydrogens (tertiary/aromatic N) is 1. The van der Waals surface area contributed by atoms with Crippen molar-refractivity contribution >= 4 is 11.6 Å². The van der Waals surface area contributed by atoms with E-state index in [0.29, 0.717) is 29.6 Å². The van der Waals surface area contributed by atoms with Gasteiger partial charge in [-0.05, 0) is 37.5 Å². The summed E-state index contributed by atoms with van der Waals surface area (Å²) >= 11 is 0. The molecule has 18 heavy (non-hydrogen) atoms. The van der Waals surface area contributed by atoms with Crippen molar-refractivity contribution in [2.45, 2.75) is 31.7 Å². The molecular formula is C14H18N2O2. The molecule has 2 aliphatic rings. The van der Waals surface area contributed by atoms with Crippen LogP contribution in [-0.4, -0.2) is 30.0 Å². The largest absolute Gasteiger partial charge is 0.493 e. The van der Waals surface area contributed by atoms with Crippen LogP contribution in [-0.2, 0) is 0 Å². The van der Waals surface area contributed by atoms with Crippen LogP contribution in [0.15, 0.2) is 18.2 Å². The Bertz CT molecular complexity index is 473. The van der Waals surface area contributed by atoms with E-state index < -0.39 is 0 Å². The van der Waals surface area contributed by atoms with E-state index in [1.165, 1.54) is 6.42 Å². The molecule has 3 rings (SSSR count). The van der Waals surface area contributed by atoms with Crippen molar-refractivity contribution in [2.24, 2.45) is 0 Å². The van der Waals surface area contributed by atoms with Crippen LogP contribution < -0.4 is 10.5 Å². The van der Waals surface area contributed by atoms with E-state index >= 15 is 0 Å². The van der Waals surface area contributed by atoms with Gasteiger partial charge in [0.25, 0.3) is 5.91 Å². The third-order valence-corrected chi connectivity index (χ3v) is 3.83. The molecule has 0 spiro atoms. The van der Waals surface area contributed by atoms with Crippen molar-refractivity contribution in [1.29, 1.82) is 0 Å². The Morgan fingerprint density at radius 2 is 2.17 bits per heavy atom. The number of fused-ring (bicyclic) bond motifs is 2. The van der Waals surface area contributed by atoms with Crippen molar-refractivity contribution < 1.29 is 9.53 Å². The van der Waals surface area contributed by atoms with Crippen LogP contribution in [0.3, 0.4) is 0 Å². The van der Waals surface area contributed by atoms with Gasteiger partial charge in [-0.3, -0.25) is 4.79 Å². The summed E-state index contributed by atoms with van der Waals surface area (Å²) in [6.07, 6.45) is 4.32. The molecule has 1 saturated heterocycles. The number of hydrogen-bond acceptors (Lipinski definition) is 3. The SMILES string of the molecule is Nc1ccc2c(c1)C(=O)N1CCCC[C@H]1CCO2. The van der Waals surface area contributed by atoms with Crippen molar-refractivity contribution in [2.75, 3.05) is 18.9 Å². The number of ether oxygens (including phenoxy) is 1. The maximum absolute atomic E-state index is 12.6. The number of amides is 1. The molecule has 0 aliphatic carbocycles. The standard InChI is InChI=1S/C14H18N2O2/c15-10-4-5-13-12(9-10)14(17)16-7-2-1-3-11(16)6-8-18-13/h4-5,9,11H,1-3,6-8,15H2/t11-/m0/s1. The number of carbonyl (C=O) groups excluding carboxylic acids is 1. The molecule has 1 fully saturated rings. The van der Waals surface area contributed by atoms with Crippen molar-refractivity contribution in [3.63, 3.8) is 0 Å². The minimum Gasteiger partial charge on any atom is -0.493 e. The third kappa shape index (κ3) is 1.92. The highest BCUT2D eigenvalue weighted by molar-refractivity contribution is 5.98. The Balaban J connectivity index is 1.99. The summed E-state index contributed by atoms with van der Waals surface area (Å²) in [4.78, 5) is 14.6. The second-order valence-corrected chi connectivity index (χ2v) is 5.04. The zero-order valence-corrected chi connectivity index (χ0v) is 10.4. The molecule has 2 aliphatic heterocycles. The van der Waals surface area contributed by atoms with Crippen LogP contribution in [0.25, 0.3) is 0 Å². The van der Waals surface area contributed by atoms with Gasteiger partial charge < -0.3 is 15.4 Å². The molecule has 0 bridgehead atoms. The number of carbonyl (C=O) groups is 1. The number of piperidine rings is 1. The Hall–Kier alpha value is -1.71. The van der Waals surface area contributed by atoms with Gasteiger partial charge in [-0.25, -0.2) is 0 Å². The first kappa shape index (κ1) is 11.4. The normalized spacial score (nSPS) is 23.4. The Morgan fingerprint density at radius 1 is 1.28 bits per heavy atom. The van der Waals surface area contributed by atoms with Crippen LogP contribution in [0.2, 0.25) is 0 Å². The van der Waals surface area contributed by atoms with Crippen molar-refractivity contribution in [3.05, 3.63) is 23.8 Å². The third-order valence-electron chi connectivity index (χ3n) is 3.83.